The summed E-state index contributed by atoms with van der Waals surface area (Å²) in [6.45, 7) is 18.0. The molecule has 0 spiro atoms. The van der Waals surface area contributed by atoms with E-state index in [-0.39, 0.29) is 6.10 Å². The quantitative estimate of drug-likeness (QED) is 0.355. The second kappa shape index (κ2) is 11.5. The predicted molar refractivity (Wildman–Crippen MR) is 146 cm³/mol. The van der Waals surface area contributed by atoms with Crippen LogP contribution in [-0.4, -0.2) is 21.9 Å². The minimum Gasteiger partial charge on any atom is -0.393 e. The van der Waals surface area contributed by atoms with Crippen LogP contribution in [0.5, 0.6) is 0 Å². The zero-order valence-electron chi connectivity index (χ0n) is 23.2. The van der Waals surface area contributed by atoms with Crippen molar-refractivity contribution in [1.29, 1.82) is 0 Å². The third kappa shape index (κ3) is 6.88. The SMILES string of the molecule is C=C1CC[C@H](O)C/C1=C\C=C1/CCC[C@@]2(C)[C@H]1CC(CCC(C)(C)O)[C@H]2[C@H](C)CCCC(C)C. The average Bonchev–Trinajstić information content (AvgIpc) is 3.04. The van der Waals surface area contributed by atoms with Crippen molar-refractivity contribution in [1.82, 2.24) is 0 Å². The molecule has 2 heteroatoms. The van der Waals surface area contributed by atoms with Crippen molar-refractivity contribution in [3.05, 3.63) is 35.5 Å². The van der Waals surface area contributed by atoms with Gasteiger partial charge in [-0.1, -0.05) is 76.8 Å². The number of aliphatic hydroxyl groups is 2. The molecule has 0 bridgehead atoms. The number of allylic oxidation sites excluding steroid dienone is 4. The van der Waals surface area contributed by atoms with E-state index in [1.807, 2.05) is 13.8 Å². The standard InChI is InChI=1S/C32H54O2/c1-22(2)10-8-11-24(4)30-27(17-19-31(5,6)34)21-29-25(12-9-18-32(29,30)7)14-15-26-20-28(33)16-13-23(26)3/h14-15,22,24,27-30,33-34H,3,8-13,16-21H2,1-2,4-7H3/b25-14+,26-15+/t24-,27?,28+,29+,30-,32+/m1/s1. The highest BCUT2D eigenvalue weighted by Gasteiger charge is 2.54. The average molecular weight is 471 g/mol. The van der Waals surface area contributed by atoms with Crippen molar-refractivity contribution < 1.29 is 10.2 Å². The first-order valence-corrected chi connectivity index (χ1v) is 14.4. The van der Waals surface area contributed by atoms with E-state index < -0.39 is 5.60 Å². The van der Waals surface area contributed by atoms with Crippen LogP contribution in [0.25, 0.3) is 0 Å². The molecule has 0 aromatic carbocycles. The molecule has 0 heterocycles. The molecule has 3 rings (SSSR count). The van der Waals surface area contributed by atoms with E-state index in [0.29, 0.717) is 17.3 Å². The molecule has 194 valence electrons. The van der Waals surface area contributed by atoms with Crippen LogP contribution in [0, 0.1) is 35.0 Å². The Kier molecular flexibility index (Phi) is 9.35. The topological polar surface area (TPSA) is 40.5 Å². The van der Waals surface area contributed by atoms with E-state index >= 15 is 0 Å². The maximum absolute atomic E-state index is 10.5. The molecule has 3 aliphatic rings. The van der Waals surface area contributed by atoms with Gasteiger partial charge in [-0.2, -0.15) is 0 Å². The molecule has 6 atom stereocenters. The lowest BCUT2D eigenvalue weighted by Gasteiger charge is -2.45. The van der Waals surface area contributed by atoms with Gasteiger partial charge in [-0.15, -0.1) is 0 Å². The van der Waals surface area contributed by atoms with Crippen LogP contribution in [0.1, 0.15) is 119 Å². The predicted octanol–water partition coefficient (Wildman–Crippen LogP) is 8.40. The number of hydrogen-bond donors (Lipinski definition) is 2. The number of aliphatic hydroxyl groups excluding tert-OH is 1. The highest BCUT2D eigenvalue weighted by molar-refractivity contribution is 5.36. The second-order valence-electron chi connectivity index (χ2n) is 13.5. The van der Waals surface area contributed by atoms with Gasteiger partial charge in [0.05, 0.1) is 11.7 Å². The van der Waals surface area contributed by atoms with E-state index in [4.69, 9.17) is 0 Å². The van der Waals surface area contributed by atoms with E-state index in [9.17, 15) is 10.2 Å². The van der Waals surface area contributed by atoms with E-state index in [0.717, 1.165) is 49.9 Å². The zero-order chi connectivity index (χ0) is 25.1. The van der Waals surface area contributed by atoms with Gasteiger partial charge in [0.15, 0.2) is 0 Å². The van der Waals surface area contributed by atoms with Gasteiger partial charge >= 0.3 is 0 Å². The molecule has 3 fully saturated rings. The van der Waals surface area contributed by atoms with E-state index in [1.165, 1.54) is 56.1 Å². The third-order valence-electron chi connectivity index (χ3n) is 9.60. The molecule has 2 nitrogen and oxygen atoms in total. The summed E-state index contributed by atoms with van der Waals surface area (Å²) in [7, 11) is 0. The van der Waals surface area contributed by atoms with Gasteiger partial charge in [0.2, 0.25) is 0 Å². The molecule has 0 saturated heterocycles. The summed E-state index contributed by atoms with van der Waals surface area (Å²) in [5.74, 6) is 3.64. The molecule has 0 aliphatic heterocycles. The van der Waals surface area contributed by atoms with Crippen molar-refractivity contribution in [3.63, 3.8) is 0 Å². The lowest BCUT2D eigenvalue weighted by molar-refractivity contribution is 0.0430. The Morgan fingerprint density at radius 3 is 2.56 bits per heavy atom. The Morgan fingerprint density at radius 1 is 1.15 bits per heavy atom. The minimum absolute atomic E-state index is 0.208. The number of fused-ring (bicyclic) bond motifs is 1. The molecular weight excluding hydrogens is 416 g/mol. The van der Waals surface area contributed by atoms with Gasteiger partial charge in [-0.3, -0.25) is 0 Å². The molecular formula is C32H54O2. The fourth-order valence-corrected chi connectivity index (χ4v) is 7.83. The van der Waals surface area contributed by atoms with Gasteiger partial charge < -0.3 is 10.2 Å². The zero-order valence-corrected chi connectivity index (χ0v) is 23.2. The fourth-order valence-electron chi connectivity index (χ4n) is 7.83. The van der Waals surface area contributed by atoms with Crippen LogP contribution < -0.4 is 0 Å². The lowest BCUT2D eigenvalue weighted by atomic mass is 9.59. The first-order chi connectivity index (χ1) is 15.9. The molecule has 2 N–H and O–H groups in total. The molecule has 0 radical (unpaired) electrons. The van der Waals surface area contributed by atoms with E-state index in [2.05, 4.69) is 46.4 Å². The van der Waals surface area contributed by atoms with Crippen LogP contribution >= 0.6 is 0 Å². The minimum atomic E-state index is -0.578. The second-order valence-corrected chi connectivity index (χ2v) is 13.5. The monoisotopic (exact) mass is 470 g/mol. The summed E-state index contributed by atoms with van der Waals surface area (Å²) >= 11 is 0. The van der Waals surface area contributed by atoms with Crippen LogP contribution in [-0.2, 0) is 0 Å². The molecule has 0 aromatic rings. The summed E-state index contributed by atoms with van der Waals surface area (Å²) in [6.07, 6.45) is 18.2. The third-order valence-corrected chi connectivity index (χ3v) is 9.60. The molecule has 34 heavy (non-hydrogen) atoms. The Morgan fingerprint density at radius 2 is 1.88 bits per heavy atom. The van der Waals surface area contributed by atoms with Gasteiger partial charge in [-0.25, -0.2) is 0 Å². The fraction of sp³-hybridized carbons (Fsp3) is 0.812. The first kappa shape index (κ1) is 27.7. The van der Waals surface area contributed by atoms with Gasteiger partial charge in [0.25, 0.3) is 0 Å². The summed E-state index contributed by atoms with van der Waals surface area (Å²) < 4.78 is 0. The van der Waals surface area contributed by atoms with Gasteiger partial charge in [0, 0.05) is 0 Å². The smallest absolute Gasteiger partial charge is 0.0591 e. The molecule has 0 amide bonds. The summed E-state index contributed by atoms with van der Waals surface area (Å²) in [6, 6.07) is 0. The largest absolute Gasteiger partial charge is 0.393 e. The van der Waals surface area contributed by atoms with Crippen LogP contribution in [0.3, 0.4) is 0 Å². The Hall–Kier alpha value is -0.860. The Bertz CT molecular complexity index is 751. The maximum atomic E-state index is 10.5. The highest BCUT2D eigenvalue weighted by Crippen LogP contribution is 2.63. The van der Waals surface area contributed by atoms with Crippen molar-refractivity contribution in [2.75, 3.05) is 0 Å². The van der Waals surface area contributed by atoms with Crippen LogP contribution in [0.15, 0.2) is 35.5 Å². The van der Waals surface area contributed by atoms with Crippen molar-refractivity contribution in [3.8, 4) is 0 Å². The summed E-state index contributed by atoms with van der Waals surface area (Å²) in [5, 5.41) is 20.7. The normalized spacial score (nSPS) is 35.9. The van der Waals surface area contributed by atoms with E-state index in [1.54, 1.807) is 5.57 Å². The Labute approximate surface area is 211 Å². The van der Waals surface area contributed by atoms with Crippen molar-refractivity contribution in [2.24, 2.45) is 35.0 Å². The maximum Gasteiger partial charge on any atom is 0.0591 e. The Balaban J connectivity index is 1.84. The molecule has 3 aliphatic carbocycles. The molecule has 0 aromatic heterocycles. The number of hydrogen-bond acceptors (Lipinski definition) is 2. The number of rotatable bonds is 9. The first-order valence-electron chi connectivity index (χ1n) is 14.4. The van der Waals surface area contributed by atoms with Gasteiger partial charge in [-0.05, 0) is 112 Å². The highest BCUT2D eigenvalue weighted by atomic mass is 16.3. The lowest BCUT2D eigenvalue weighted by Crippen LogP contribution is -2.37. The van der Waals surface area contributed by atoms with Crippen molar-refractivity contribution in [2.45, 2.75) is 130 Å². The molecule has 1 unspecified atom stereocenters. The molecule has 3 saturated carbocycles. The summed E-state index contributed by atoms with van der Waals surface area (Å²) in [4.78, 5) is 0. The van der Waals surface area contributed by atoms with Gasteiger partial charge in [0.1, 0.15) is 0 Å². The summed E-state index contributed by atoms with van der Waals surface area (Å²) in [5.41, 5.74) is 3.90. The van der Waals surface area contributed by atoms with Crippen LogP contribution in [0.4, 0.5) is 0 Å². The van der Waals surface area contributed by atoms with Crippen molar-refractivity contribution >= 4 is 0 Å². The van der Waals surface area contributed by atoms with Crippen LogP contribution in [0.2, 0.25) is 0 Å².